The largest absolute Gasteiger partial charge is 0.348 e. The molecule has 0 atom stereocenters. The summed E-state index contributed by atoms with van der Waals surface area (Å²) in [5.74, 6) is -1.29. The maximum atomic E-state index is 13.3. The first-order valence-corrected chi connectivity index (χ1v) is 5.44. The van der Waals surface area contributed by atoms with Crippen molar-refractivity contribution in [1.29, 1.82) is 0 Å². The Bertz CT molecular complexity index is 569. The fraction of sp³-hybridized carbons (Fsp3) is 0.0714. The zero-order valence-corrected chi connectivity index (χ0v) is 9.49. The summed E-state index contributed by atoms with van der Waals surface area (Å²) in [6.07, 6.45) is 0. The van der Waals surface area contributed by atoms with Gasteiger partial charge in [-0.25, -0.2) is 8.78 Å². The van der Waals surface area contributed by atoms with E-state index in [1.807, 2.05) is 0 Å². The Balaban J connectivity index is 2.03. The van der Waals surface area contributed by atoms with Gasteiger partial charge in [0.05, 0.1) is 0 Å². The molecule has 0 aliphatic rings. The molecule has 0 saturated heterocycles. The molecule has 92 valence electrons. The van der Waals surface area contributed by atoms with E-state index in [0.29, 0.717) is 5.56 Å². The first-order chi connectivity index (χ1) is 8.66. The van der Waals surface area contributed by atoms with E-state index in [0.717, 1.165) is 6.07 Å². The molecule has 18 heavy (non-hydrogen) atoms. The van der Waals surface area contributed by atoms with E-state index in [1.165, 1.54) is 24.3 Å². The molecule has 2 aromatic carbocycles. The van der Waals surface area contributed by atoms with E-state index in [1.54, 1.807) is 18.2 Å². The molecule has 4 heteroatoms. The second-order valence-electron chi connectivity index (χ2n) is 3.78. The van der Waals surface area contributed by atoms with Crippen molar-refractivity contribution in [2.45, 2.75) is 6.54 Å². The monoisotopic (exact) mass is 247 g/mol. The summed E-state index contributed by atoms with van der Waals surface area (Å²) >= 11 is 0. The summed E-state index contributed by atoms with van der Waals surface area (Å²) < 4.78 is 26.2. The minimum Gasteiger partial charge on any atom is -0.348 e. The third-order valence-corrected chi connectivity index (χ3v) is 2.48. The molecule has 0 aromatic heterocycles. The van der Waals surface area contributed by atoms with Crippen LogP contribution in [0.5, 0.6) is 0 Å². The lowest BCUT2D eigenvalue weighted by molar-refractivity contribution is 0.0950. The molecule has 0 saturated carbocycles. The van der Waals surface area contributed by atoms with Crippen molar-refractivity contribution in [2.75, 3.05) is 0 Å². The highest BCUT2D eigenvalue weighted by molar-refractivity contribution is 5.94. The number of carbonyl (C=O) groups is 1. The first-order valence-electron chi connectivity index (χ1n) is 5.44. The van der Waals surface area contributed by atoms with Crippen molar-refractivity contribution in [3.63, 3.8) is 0 Å². The average molecular weight is 247 g/mol. The predicted octanol–water partition coefficient (Wildman–Crippen LogP) is 2.89. The van der Waals surface area contributed by atoms with Gasteiger partial charge in [0, 0.05) is 17.7 Å². The van der Waals surface area contributed by atoms with Crippen LogP contribution in [0, 0.1) is 11.6 Å². The highest BCUT2D eigenvalue weighted by Crippen LogP contribution is 2.07. The van der Waals surface area contributed by atoms with Crippen molar-refractivity contribution < 1.29 is 13.6 Å². The summed E-state index contributed by atoms with van der Waals surface area (Å²) in [4.78, 5) is 11.7. The Morgan fingerprint density at radius 1 is 1.06 bits per heavy atom. The molecule has 0 fully saturated rings. The molecular formula is C14H11F2NO. The van der Waals surface area contributed by atoms with E-state index in [4.69, 9.17) is 0 Å². The van der Waals surface area contributed by atoms with Gasteiger partial charge in [0.25, 0.3) is 5.91 Å². The number of hydrogen-bond donors (Lipinski definition) is 1. The zero-order valence-electron chi connectivity index (χ0n) is 9.49. The molecule has 0 heterocycles. The number of hydrogen-bond acceptors (Lipinski definition) is 1. The quantitative estimate of drug-likeness (QED) is 0.887. The second kappa shape index (κ2) is 5.40. The van der Waals surface area contributed by atoms with Crippen LogP contribution in [0.15, 0.2) is 48.5 Å². The van der Waals surface area contributed by atoms with Crippen LogP contribution < -0.4 is 5.32 Å². The van der Waals surface area contributed by atoms with Crippen molar-refractivity contribution in [2.24, 2.45) is 0 Å². The standard InChI is InChI=1S/C14H11F2NO/c15-12-6-3-5-10(8-12)14(18)17-9-11-4-1-2-7-13(11)16/h1-8H,9H2,(H,17,18). The molecule has 1 amide bonds. The van der Waals surface area contributed by atoms with Gasteiger partial charge in [0.1, 0.15) is 11.6 Å². The van der Waals surface area contributed by atoms with Gasteiger partial charge in [-0.1, -0.05) is 24.3 Å². The first kappa shape index (κ1) is 12.2. The van der Waals surface area contributed by atoms with Gasteiger partial charge in [-0.2, -0.15) is 0 Å². The van der Waals surface area contributed by atoms with Gasteiger partial charge in [-0.3, -0.25) is 4.79 Å². The fourth-order valence-corrected chi connectivity index (χ4v) is 1.55. The maximum absolute atomic E-state index is 13.3. The number of halogens is 2. The normalized spacial score (nSPS) is 10.1. The summed E-state index contributed by atoms with van der Waals surface area (Å²) in [6.45, 7) is 0.0714. The molecular weight excluding hydrogens is 236 g/mol. The molecule has 2 aromatic rings. The Morgan fingerprint density at radius 3 is 2.56 bits per heavy atom. The van der Waals surface area contributed by atoms with Gasteiger partial charge >= 0.3 is 0 Å². The predicted molar refractivity (Wildman–Crippen MR) is 64.0 cm³/mol. The van der Waals surface area contributed by atoms with Crippen LogP contribution in [0.2, 0.25) is 0 Å². The molecule has 0 spiro atoms. The lowest BCUT2D eigenvalue weighted by atomic mass is 10.2. The Kier molecular flexibility index (Phi) is 3.67. The van der Waals surface area contributed by atoms with Crippen molar-refractivity contribution in [3.05, 3.63) is 71.3 Å². The van der Waals surface area contributed by atoms with Crippen LogP contribution >= 0.6 is 0 Å². The SMILES string of the molecule is O=C(NCc1ccccc1F)c1cccc(F)c1. The smallest absolute Gasteiger partial charge is 0.251 e. The zero-order chi connectivity index (χ0) is 13.0. The van der Waals surface area contributed by atoms with Gasteiger partial charge in [0.2, 0.25) is 0 Å². The highest BCUT2D eigenvalue weighted by Gasteiger charge is 2.07. The molecule has 2 rings (SSSR count). The molecule has 0 aliphatic carbocycles. The number of carbonyl (C=O) groups excluding carboxylic acids is 1. The van der Waals surface area contributed by atoms with Crippen molar-refractivity contribution in [3.8, 4) is 0 Å². The van der Waals surface area contributed by atoms with Crippen molar-refractivity contribution in [1.82, 2.24) is 5.32 Å². The highest BCUT2D eigenvalue weighted by atomic mass is 19.1. The second-order valence-corrected chi connectivity index (χ2v) is 3.78. The fourth-order valence-electron chi connectivity index (χ4n) is 1.55. The van der Waals surface area contributed by atoms with Crippen LogP contribution in [-0.2, 0) is 6.54 Å². The number of amides is 1. The summed E-state index contributed by atoms with van der Waals surface area (Å²) in [6, 6.07) is 11.5. The third-order valence-electron chi connectivity index (χ3n) is 2.48. The Hall–Kier alpha value is -2.23. The van der Waals surface area contributed by atoms with Crippen LogP contribution in [0.3, 0.4) is 0 Å². The van der Waals surface area contributed by atoms with Crippen LogP contribution in [0.25, 0.3) is 0 Å². The molecule has 0 bridgehead atoms. The molecule has 1 N–H and O–H groups in total. The van der Waals surface area contributed by atoms with Gasteiger partial charge in [-0.15, -0.1) is 0 Å². The van der Waals surface area contributed by atoms with E-state index in [-0.39, 0.29) is 17.9 Å². The molecule has 2 nitrogen and oxygen atoms in total. The molecule has 0 unspecified atom stereocenters. The summed E-state index contributed by atoms with van der Waals surface area (Å²) in [7, 11) is 0. The van der Waals surface area contributed by atoms with Gasteiger partial charge in [0.15, 0.2) is 0 Å². The maximum Gasteiger partial charge on any atom is 0.251 e. The number of rotatable bonds is 3. The third kappa shape index (κ3) is 2.91. The molecule has 0 radical (unpaired) electrons. The Labute approximate surface area is 103 Å². The minimum atomic E-state index is -0.478. The number of nitrogens with one attached hydrogen (secondary N) is 1. The van der Waals surface area contributed by atoms with E-state index in [9.17, 15) is 13.6 Å². The van der Waals surface area contributed by atoms with E-state index in [2.05, 4.69) is 5.32 Å². The lowest BCUT2D eigenvalue weighted by Gasteiger charge is -2.06. The number of benzene rings is 2. The average Bonchev–Trinajstić information content (AvgIpc) is 2.37. The van der Waals surface area contributed by atoms with Crippen LogP contribution in [0.4, 0.5) is 8.78 Å². The Morgan fingerprint density at radius 2 is 1.83 bits per heavy atom. The lowest BCUT2D eigenvalue weighted by Crippen LogP contribution is -2.23. The van der Waals surface area contributed by atoms with Crippen LogP contribution in [0.1, 0.15) is 15.9 Å². The summed E-state index contributed by atoms with van der Waals surface area (Å²) in [5.41, 5.74) is 0.605. The van der Waals surface area contributed by atoms with Crippen LogP contribution in [-0.4, -0.2) is 5.91 Å². The van der Waals surface area contributed by atoms with Gasteiger partial charge in [-0.05, 0) is 24.3 Å². The summed E-state index contributed by atoms with van der Waals surface area (Å²) in [5, 5.41) is 2.54. The van der Waals surface area contributed by atoms with Crippen molar-refractivity contribution >= 4 is 5.91 Å². The van der Waals surface area contributed by atoms with E-state index >= 15 is 0 Å². The molecule has 0 aliphatic heterocycles. The topological polar surface area (TPSA) is 29.1 Å². The van der Waals surface area contributed by atoms with Gasteiger partial charge < -0.3 is 5.32 Å². The van der Waals surface area contributed by atoms with E-state index < -0.39 is 11.7 Å². The minimum absolute atomic E-state index is 0.0714.